The van der Waals surface area contributed by atoms with Crippen molar-refractivity contribution >= 4 is 0 Å². The summed E-state index contributed by atoms with van der Waals surface area (Å²) in [5.41, 5.74) is 1.13. The molecule has 0 aliphatic heterocycles. The molecule has 1 aliphatic carbocycles. The second-order valence-corrected chi connectivity index (χ2v) is 5.46. The summed E-state index contributed by atoms with van der Waals surface area (Å²) in [6.45, 7) is 1.62. The normalized spacial score (nSPS) is 22.6. The standard InChI is InChI=1S/C16H25NO3/c1-19-14-7-12(8-15(9-14)20-2)10-17-11-13-5-3-4-6-16(13)18/h7-9,13,16-18H,3-6,10-11H2,1-2H3. The molecule has 1 aromatic carbocycles. The van der Waals surface area contributed by atoms with E-state index in [1.807, 2.05) is 18.2 Å². The van der Waals surface area contributed by atoms with Crippen LogP contribution in [0.25, 0.3) is 0 Å². The average Bonchev–Trinajstić information content (AvgIpc) is 2.48. The molecule has 112 valence electrons. The van der Waals surface area contributed by atoms with Crippen LogP contribution in [0.1, 0.15) is 31.2 Å². The van der Waals surface area contributed by atoms with E-state index in [1.54, 1.807) is 14.2 Å². The van der Waals surface area contributed by atoms with Gasteiger partial charge in [0.2, 0.25) is 0 Å². The van der Waals surface area contributed by atoms with Crippen molar-refractivity contribution < 1.29 is 14.6 Å². The monoisotopic (exact) mass is 279 g/mol. The van der Waals surface area contributed by atoms with E-state index in [4.69, 9.17) is 9.47 Å². The first-order chi connectivity index (χ1) is 9.72. The fraction of sp³-hybridized carbons (Fsp3) is 0.625. The Morgan fingerprint density at radius 3 is 2.35 bits per heavy atom. The van der Waals surface area contributed by atoms with Crippen molar-refractivity contribution in [2.45, 2.75) is 38.3 Å². The van der Waals surface area contributed by atoms with Crippen LogP contribution < -0.4 is 14.8 Å². The van der Waals surface area contributed by atoms with E-state index in [0.29, 0.717) is 5.92 Å². The highest BCUT2D eigenvalue weighted by molar-refractivity contribution is 5.38. The number of ether oxygens (including phenoxy) is 2. The summed E-state index contributed by atoms with van der Waals surface area (Å²) >= 11 is 0. The van der Waals surface area contributed by atoms with Crippen LogP contribution in [0.4, 0.5) is 0 Å². The van der Waals surface area contributed by atoms with Gasteiger partial charge < -0.3 is 19.9 Å². The molecule has 1 aromatic rings. The second kappa shape index (κ2) is 7.50. The summed E-state index contributed by atoms with van der Waals surface area (Å²) in [7, 11) is 3.31. The van der Waals surface area contributed by atoms with Crippen molar-refractivity contribution in [1.82, 2.24) is 5.32 Å². The predicted molar refractivity (Wildman–Crippen MR) is 79.2 cm³/mol. The fourth-order valence-electron chi connectivity index (χ4n) is 2.80. The van der Waals surface area contributed by atoms with Crippen LogP contribution in [0.5, 0.6) is 11.5 Å². The summed E-state index contributed by atoms with van der Waals surface area (Å²) in [6, 6.07) is 5.88. The van der Waals surface area contributed by atoms with Crippen molar-refractivity contribution in [3.63, 3.8) is 0 Å². The van der Waals surface area contributed by atoms with Gasteiger partial charge in [0.25, 0.3) is 0 Å². The van der Waals surface area contributed by atoms with Crippen molar-refractivity contribution in [1.29, 1.82) is 0 Å². The van der Waals surface area contributed by atoms with Crippen molar-refractivity contribution in [2.75, 3.05) is 20.8 Å². The minimum absolute atomic E-state index is 0.143. The zero-order chi connectivity index (χ0) is 14.4. The largest absolute Gasteiger partial charge is 0.497 e. The van der Waals surface area contributed by atoms with Gasteiger partial charge in [0.05, 0.1) is 20.3 Å². The molecule has 0 heterocycles. The zero-order valence-electron chi connectivity index (χ0n) is 12.4. The maximum absolute atomic E-state index is 9.95. The SMILES string of the molecule is COc1cc(CNCC2CCCCC2O)cc(OC)c1. The molecule has 2 unspecified atom stereocenters. The third-order valence-corrected chi connectivity index (χ3v) is 4.02. The van der Waals surface area contributed by atoms with Crippen LogP contribution >= 0.6 is 0 Å². The van der Waals surface area contributed by atoms with E-state index in [1.165, 1.54) is 6.42 Å². The minimum atomic E-state index is -0.143. The molecule has 0 amide bonds. The quantitative estimate of drug-likeness (QED) is 0.839. The summed E-state index contributed by atoms with van der Waals surface area (Å²) < 4.78 is 10.5. The highest BCUT2D eigenvalue weighted by Crippen LogP contribution is 2.24. The zero-order valence-corrected chi connectivity index (χ0v) is 12.4. The Bertz CT molecular complexity index is 400. The Kier molecular flexibility index (Phi) is 5.68. The molecule has 4 heteroatoms. The van der Waals surface area contributed by atoms with Gasteiger partial charge >= 0.3 is 0 Å². The van der Waals surface area contributed by atoms with E-state index in [9.17, 15) is 5.11 Å². The first kappa shape index (κ1) is 15.1. The number of hydrogen-bond donors (Lipinski definition) is 2. The summed E-state index contributed by atoms with van der Waals surface area (Å²) in [5, 5.41) is 13.4. The Morgan fingerprint density at radius 1 is 1.10 bits per heavy atom. The van der Waals surface area contributed by atoms with E-state index in [0.717, 1.165) is 49.4 Å². The number of aliphatic hydroxyl groups is 1. The molecule has 0 saturated heterocycles. The second-order valence-electron chi connectivity index (χ2n) is 5.46. The van der Waals surface area contributed by atoms with Crippen molar-refractivity contribution in [3.8, 4) is 11.5 Å². The third-order valence-electron chi connectivity index (χ3n) is 4.02. The number of aliphatic hydroxyl groups excluding tert-OH is 1. The van der Waals surface area contributed by atoms with Gasteiger partial charge in [-0.3, -0.25) is 0 Å². The summed E-state index contributed by atoms with van der Waals surface area (Å²) in [6.07, 6.45) is 4.31. The molecule has 1 fully saturated rings. The number of rotatable bonds is 6. The molecule has 0 bridgehead atoms. The molecule has 0 spiro atoms. The smallest absolute Gasteiger partial charge is 0.122 e. The van der Waals surface area contributed by atoms with Crippen LogP contribution in [0.3, 0.4) is 0 Å². The van der Waals surface area contributed by atoms with E-state index < -0.39 is 0 Å². The predicted octanol–water partition coefficient (Wildman–Crippen LogP) is 2.34. The van der Waals surface area contributed by atoms with Crippen LogP contribution in [0.15, 0.2) is 18.2 Å². The third kappa shape index (κ3) is 4.12. The Morgan fingerprint density at radius 2 is 1.75 bits per heavy atom. The van der Waals surface area contributed by atoms with Gasteiger partial charge in [-0.1, -0.05) is 12.8 Å². The first-order valence-electron chi connectivity index (χ1n) is 7.33. The maximum atomic E-state index is 9.95. The molecule has 1 aliphatic rings. The van der Waals surface area contributed by atoms with Crippen LogP contribution in [0, 0.1) is 5.92 Å². The molecule has 2 rings (SSSR count). The molecule has 0 aromatic heterocycles. The number of benzene rings is 1. The van der Waals surface area contributed by atoms with Gasteiger partial charge in [0.15, 0.2) is 0 Å². The van der Waals surface area contributed by atoms with E-state index in [-0.39, 0.29) is 6.10 Å². The van der Waals surface area contributed by atoms with Gasteiger partial charge in [-0.05, 0) is 36.5 Å². The first-order valence-corrected chi connectivity index (χ1v) is 7.33. The van der Waals surface area contributed by atoms with Crippen molar-refractivity contribution in [3.05, 3.63) is 23.8 Å². The Balaban J connectivity index is 1.86. The van der Waals surface area contributed by atoms with Crippen LogP contribution in [0.2, 0.25) is 0 Å². The van der Waals surface area contributed by atoms with Crippen LogP contribution in [-0.2, 0) is 6.54 Å². The van der Waals surface area contributed by atoms with Crippen LogP contribution in [-0.4, -0.2) is 32.0 Å². The summed E-state index contributed by atoms with van der Waals surface area (Å²) in [5.74, 6) is 1.99. The fourth-order valence-corrected chi connectivity index (χ4v) is 2.80. The average molecular weight is 279 g/mol. The summed E-state index contributed by atoms with van der Waals surface area (Å²) in [4.78, 5) is 0. The van der Waals surface area contributed by atoms with E-state index in [2.05, 4.69) is 5.32 Å². The van der Waals surface area contributed by atoms with Gasteiger partial charge in [-0.25, -0.2) is 0 Å². The van der Waals surface area contributed by atoms with E-state index >= 15 is 0 Å². The lowest BCUT2D eigenvalue weighted by atomic mass is 9.86. The lowest BCUT2D eigenvalue weighted by molar-refractivity contribution is 0.0695. The highest BCUT2D eigenvalue weighted by Gasteiger charge is 2.22. The molecule has 1 saturated carbocycles. The van der Waals surface area contributed by atoms with Gasteiger partial charge in [-0.2, -0.15) is 0 Å². The number of hydrogen-bond acceptors (Lipinski definition) is 4. The Hall–Kier alpha value is -1.26. The van der Waals surface area contributed by atoms with Gasteiger partial charge in [-0.15, -0.1) is 0 Å². The Labute approximate surface area is 121 Å². The van der Waals surface area contributed by atoms with Crippen molar-refractivity contribution in [2.24, 2.45) is 5.92 Å². The van der Waals surface area contributed by atoms with Gasteiger partial charge in [0.1, 0.15) is 11.5 Å². The lowest BCUT2D eigenvalue weighted by Crippen LogP contribution is -2.33. The molecular weight excluding hydrogens is 254 g/mol. The molecule has 20 heavy (non-hydrogen) atoms. The number of nitrogens with one attached hydrogen (secondary N) is 1. The molecule has 0 radical (unpaired) electrons. The molecule has 4 nitrogen and oxygen atoms in total. The molecular formula is C16H25NO3. The lowest BCUT2D eigenvalue weighted by Gasteiger charge is -2.27. The van der Waals surface area contributed by atoms with Gasteiger partial charge in [0, 0.05) is 19.2 Å². The number of methoxy groups -OCH3 is 2. The molecule has 2 N–H and O–H groups in total. The molecule has 2 atom stereocenters. The minimum Gasteiger partial charge on any atom is -0.497 e. The topological polar surface area (TPSA) is 50.7 Å². The highest BCUT2D eigenvalue weighted by atomic mass is 16.5. The maximum Gasteiger partial charge on any atom is 0.122 e.